The van der Waals surface area contributed by atoms with Crippen LogP contribution in [0.5, 0.6) is 0 Å². The zero-order valence-electron chi connectivity index (χ0n) is 18.4. The lowest BCUT2D eigenvalue weighted by molar-refractivity contribution is 0.0600. The SMILES string of the molecule is CCCCC.COC(=O)c1ccc(CCCCNC(=O)c2cc(N)cc(N)c2)cc1. The molecule has 1 amide bonds. The maximum atomic E-state index is 12.0. The van der Waals surface area contributed by atoms with Crippen molar-refractivity contribution < 1.29 is 14.3 Å². The van der Waals surface area contributed by atoms with Crippen molar-refractivity contribution in [1.29, 1.82) is 0 Å². The average Bonchev–Trinajstić information content (AvgIpc) is 2.73. The Morgan fingerprint density at radius 1 is 0.867 bits per heavy atom. The number of ether oxygens (including phenoxy) is 1. The average molecular weight is 414 g/mol. The number of amides is 1. The molecule has 0 atom stereocenters. The third-order valence-electron chi connectivity index (χ3n) is 4.50. The van der Waals surface area contributed by atoms with Crippen LogP contribution in [0.4, 0.5) is 11.4 Å². The molecule has 2 aromatic rings. The number of carbonyl (C=O) groups is 2. The zero-order valence-corrected chi connectivity index (χ0v) is 18.4. The number of hydrogen-bond acceptors (Lipinski definition) is 5. The highest BCUT2D eigenvalue weighted by Gasteiger charge is 2.07. The highest BCUT2D eigenvalue weighted by Crippen LogP contribution is 2.13. The molecule has 0 fully saturated rings. The Morgan fingerprint density at radius 3 is 1.97 bits per heavy atom. The number of methoxy groups -OCH3 is 1. The van der Waals surface area contributed by atoms with Gasteiger partial charge in [0.05, 0.1) is 12.7 Å². The van der Waals surface area contributed by atoms with Crippen LogP contribution in [0.15, 0.2) is 42.5 Å². The van der Waals surface area contributed by atoms with Crippen molar-refractivity contribution in [1.82, 2.24) is 5.32 Å². The van der Waals surface area contributed by atoms with E-state index in [1.54, 1.807) is 30.3 Å². The molecule has 2 rings (SSSR count). The first-order chi connectivity index (χ1) is 14.4. The van der Waals surface area contributed by atoms with E-state index in [9.17, 15) is 9.59 Å². The lowest BCUT2D eigenvalue weighted by Crippen LogP contribution is -2.24. The van der Waals surface area contributed by atoms with E-state index < -0.39 is 0 Å². The standard InChI is InChI=1S/C19H23N3O3.C5H12/c1-25-19(24)14-7-5-13(6-8-14)4-2-3-9-22-18(23)15-10-16(20)12-17(21)11-15;1-3-5-4-2/h5-8,10-12H,2-4,9,20-21H2,1H3,(H,22,23);3-5H2,1-2H3. The number of aryl methyl sites for hydroxylation is 1. The van der Waals surface area contributed by atoms with Gasteiger partial charge in [0.1, 0.15) is 0 Å². The molecule has 2 aromatic carbocycles. The molecule has 0 heterocycles. The maximum Gasteiger partial charge on any atom is 0.337 e. The molecule has 0 aromatic heterocycles. The largest absolute Gasteiger partial charge is 0.465 e. The van der Waals surface area contributed by atoms with Gasteiger partial charge in [0, 0.05) is 23.5 Å². The van der Waals surface area contributed by atoms with Crippen LogP contribution >= 0.6 is 0 Å². The highest BCUT2D eigenvalue weighted by molar-refractivity contribution is 5.96. The van der Waals surface area contributed by atoms with Crippen LogP contribution in [0, 0.1) is 0 Å². The number of hydrogen-bond donors (Lipinski definition) is 3. The number of carbonyl (C=O) groups excluding carboxylic acids is 2. The molecule has 0 saturated carbocycles. The van der Waals surface area contributed by atoms with Gasteiger partial charge in [-0.3, -0.25) is 4.79 Å². The predicted molar refractivity (Wildman–Crippen MR) is 124 cm³/mol. The number of nitrogens with one attached hydrogen (secondary N) is 1. The van der Waals surface area contributed by atoms with Gasteiger partial charge >= 0.3 is 5.97 Å². The Hall–Kier alpha value is -3.02. The van der Waals surface area contributed by atoms with E-state index in [4.69, 9.17) is 11.5 Å². The van der Waals surface area contributed by atoms with Crippen LogP contribution in [0.3, 0.4) is 0 Å². The quantitative estimate of drug-likeness (QED) is 0.317. The summed E-state index contributed by atoms with van der Waals surface area (Å²) in [6, 6.07) is 12.2. The number of anilines is 2. The van der Waals surface area contributed by atoms with Gasteiger partial charge in [0.2, 0.25) is 0 Å². The number of nitrogens with two attached hydrogens (primary N) is 2. The second-order valence-electron chi connectivity index (χ2n) is 7.14. The Kier molecular flexibility index (Phi) is 11.7. The summed E-state index contributed by atoms with van der Waals surface area (Å²) in [6.07, 6.45) is 6.73. The Labute approximate surface area is 180 Å². The van der Waals surface area contributed by atoms with Gasteiger partial charge in [0.15, 0.2) is 0 Å². The van der Waals surface area contributed by atoms with Crippen molar-refractivity contribution in [2.75, 3.05) is 25.1 Å². The summed E-state index contributed by atoms with van der Waals surface area (Å²) in [7, 11) is 1.36. The molecule has 6 nitrogen and oxygen atoms in total. The zero-order chi connectivity index (χ0) is 22.4. The topological polar surface area (TPSA) is 107 Å². The molecule has 0 spiro atoms. The molecule has 30 heavy (non-hydrogen) atoms. The van der Waals surface area contributed by atoms with E-state index in [-0.39, 0.29) is 11.9 Å². The molecule has 0 bridgehead atoms. The van der Waals surface area contributed by atoms with Crippen molar-refractivity contribution in [3.8, 4) is 0 Å². The predicted octanol–water partition coefficient (Wildman–Crippen LogP) is 4.59. The van der Waals surface area contributed by atoms with Crippen molar-refractivity contribution in [2.45, 2.75) is 52.4 Å². The van der Waals surface area contributed by atoms with E-state index in [2.05, 4.69) is 23.9 Å². The van der Waals surface area contributed by atoms with Crippen molar-refractivity contribution in [3.63, 3.8) is 0 Å². The van der Waals surface area contributed by atoms with Crippen LogP contribution in [-0.2, 0) is 11.2 Å². The minimum Gasteiger partial charge on any atom is -0.465 e. The number of rotatable bonds is 9. The first kappa shape index (κ1) is 25.0. The van der Waals surface area contributed by atoms with Gasteiger partial charge in [0.25, 0.3) is 5.91 Å². The van der Waals surface area contributed by atoms with Crippen LogP contribution in [-0.4, -0.2) is 25.5 Å². The van der Waals surface area contributed by atoms with Gasteiger partial charge < -0.3 is 21.5 Å². The number of nitrogen functional groups attached to an aromatic ring is 2. The first-order valence-corrected chi connectivity index (χ1v) is 10.5. The van der Waals surface area contributed by atoms with Crippen LogP contribution in [0.2, 0.25) is 0 Å². The van der Waals surface area contributed by atoms with E-state index in [1.165, 1.54) is 26.4 Å². The number of esters is 1. The van der Waals surface area contributed by atoms with E-state index in [0.29, 0.717) is 29.0 Å². The van der Waals surface area contributed by atoms with Gasteiger partial charge in [-0.2, -0.15) is 0 Å². The summed E-state index contributed by atoms with van der Waals surface area (Å²) in [6.45, 7) is 5.00. The van der Waals surface area contributed by atoms with Crippen LogP contribution in [0.1, 0.15) is 72.2 Å². The van der Waals surface area contributed by atoms with Gasteiger partial charge in [-0.15, -0.1) is 0 Å². The molecule has 0 aliphatic heterocycles. The second-order valence-corrected chi connectivity index (χ2v) is 7.14. The van der Waals surface area contributed by atoms with Crippen molar-refractivity contribution in [2.24, 2.45) is 0 Å². The molecule has 164 valence electrons. The highest BCUT2D eigenvalue weighted by atomic mass is 16.5. The summed E-state index contributed by atoms with van der Waals surface area (Å²) < 4.78 is 4.67. The second kappa shape index (κ2) is 14.0. The summed E-state index contributed by atoms with van der Waals surface area (Å²) >= 11 is 0. The molecule has 0 aliphatic rings. The molecule has 6 heteroatoms. The lowest BCUT2D eigenvalue weighted by atomic mass is 10.1. The summed E-state index contributed by atoms with van der Waals surface area (Å²) in [5, 5.41) is 2.86. The fourth-order valence-electron chi connectivity index (χ4n) is 2.84. The molecular weight excluding hydrogens is 378 g/mol. The molecule has 0 radical (unpaired) electrons. The smallest absolute Gasteiger partial charge is 0.337 e. The Bertz CT molecular complexity index is 767. The summed E-state index contributed by atoms with van der Waals surface area (Å²) in [4.78, 5) is 23.4. The van der Waals surface area contributed by atoms with E-state index >= 15 is 0 Å². The molecular formula is C24H35N3O3. The number of benzene rings is 2. The molecule has 0 saturated heterocycles. The third kappa shape index (κ3) is 9.45. The van der Waals surface area contributed by atoms with Gasteiger partial charge in [-0.1, -0.05) is 45.2 Å². The first-order valence-electron chi connectivity index (χ1n) is 10.5. The van der Waals surface area contributed by atoms with Gasteiger partial charge in [-0.05, 0) is 55.2 Å². The fraction of sp³-hybridized carbons (Fsp3) is 0.417. The van der Waals surface area contributed by atoms with Crippen molar-refractivity contribution in [3.05, 3.63) is 59.2 Å². The number of unbranched alkanes of at least 4 members (excludes halogenated alkanes) is 3. The fourth-order valence-corrected chi connectivity index (χ4v) is 2.84. The molecule has 0 aliphatic carbocycles. The summed E-state index contributed by atoms with van der Waals surface area (Å²) in [5.41, 5.74) is 14.5. The Balaban J connectivity index is 0.000000804. The van der Waals surface area contributed by atoms with Crippen LogP contribution in [0.25, 0.3) is 0 Å². The minimum absolute atomic E-state index is 0.179. The summed E-state index contributed by atoms with van der Waals surface area (Å²) in [5.74, 6) is -0.516. The lowest BCUT2D eigenvalue weighted by Gasteiger charge is -2.07. The molecule has 5 N–H and O–H groups in total. The minimum atomic E-state index is -0.337. The van der Waals surface area contributed by atoms with E-state index in [0.717, 1.165) is 24.8 Å². The van der Waals surface area contributed by atoms with Crippen LogP contribution < -0.4 is 16.8 Å². The third-order valence-corrected chi connectivity index (χ3v) is 4.50. The molecule has 0 unspecified atom stereocenters. The Morgan fingerprint density at radius 2 is 1.47 bits per heavy atom. The van der Waals surface area contributed by atoms with E-state index in [1.807, 2.05) is 12.1 Å². The maximum absolute atomic E-state index is 12.0. The van der Waals surface area contributed by atoms with Crippen molar-refractivity contribution >= 4 is 23.3 Å². The monoisotopic (exact) mass is 413 g/mol. The van der Waals surface area contributed by atoms with Gasteiger partial charge in [-0.25, -0.2) is 4.79 Å². The normalized spacial score (nSPS) is 9.97.